The standard InChI is InChI=1S/C18H16F3NO3S/c1-11(18(24)25-9-12-3-2-4-15(20)17(12)21)26-10-16(23)22-14-7-5-13(19)6-8-14/h2-8,11H,9-10H2,1H3,(H,22,23). The quantitative estimate of drug-likeness (QED) is 0.737. The van der Waals surface area contributed by atoms with E-state index in [-0.39, 0.29) is 17.2 Å². The van der Waals surface area contributed by atoms with Crippen molar-refractivity contribution < 1.29 is 27.5 Å². The van der Waals surface area contributed by atoms with Gasteiger partial charge in [0.05, 0.1) is 5.75 Å². The van der Waals surface area contributed by atoms with Crippen LogP contribution in [0, 0.1) is 17.5 Å². The molecule has 1 amide bonds. The summed E-state index contributed by atoms with van der Waals surface area (Å²) in [4.78, 5) is 23.7. The highest BCUT2D eigenvalue weighted by Gasteiger charge is 2.18. The number of thioether (sulfide) groups is 1. The summed E-state index contributed by atoms with van der Waals surface area (Å²) < 4.78 is 44.3. The number of rotatable bonds is 7. The van der Waals surface area contributed by atoms with Crippen LogP contribution >= 0.6 is 11.8 Å². The van der Waals surface area contributed by atoms with Crippen LogP contribution in [0.3, 0.4) is 0 Å². The lowest BCUT2D eigenvalue weighted by atomic mass is 10.2. The lowest BCUT2D eigenvalue weighted by Crippen LogP contribution is -2.21. The highest BCUT2D eigenvalue weighted by atomic mass is 32.2. The molecule has 0 saturated heterocycles. The molecule has 0 saturated carbocycles. The summed E-state index contributed by atoms with van der Waals surface area (Å²) in [5.74, 6) is -3.52. The Morgan fingerprint density at radius 1 is 1.12 bits per heavy atom. The smallest absolute Gasteiger partial charge is 0.319 e. The zero-order valence-electron chi connectivity index (χ0n) is 13.8. The second kappa shape index (κ2) is 9.28. The Morgan fingerprint density at radius 2 is 1.81 bits per heavy atom. The molecule has 138 valence electrons. The molecule has 1 N–H and O–H groups in total. The molecule has 1 atom stereocenters. The van der Waals surface area contributed by atoms with Gasteiger partial charge in [-0.1, -0.05) is 12.1 Å². The zero-order chi connectivity index (χ0) is 19.1. The minimum atomic E-state index is -1.06. The van der Waals surface area contributed by atoms with E-state index in [4.69, 9.17) is 4.74 Å². The number of carbonyl (C=O) groups is 2. The van der Waals surface area contributed by atoms with Crippen molar-refractivity contribution in [3.8, 4) is 0 Å². The van der Waals surface area contributed by atoms with Crippen LogP contribution in [0.5, 0.6) is 0 Å². The van der Waals surface area contributed by atoms with E-state index in [0.717, 1.165) is 17.8 Å². The molecule has 0 bridgehead atoms. The fraction of sp³-hybridized carbons (Fsp3) is 0.222. The van der Waals surface area contributed by atoms with Gasteiger partial charge in [-0.2, -0.15) is 0 Å². The summed E-state index contributed by atoms with van der Waals surface area (Å²) in [7, 11) is 0. The van der Waals surface area contributed by atoms with Crippen molar-refractivity contribution >= 4 is 29.3 Å². The number of esters is 1. The SMILES string of the molecule is CC(SCC(=O)Nc1ccc(F)cc1)C(=O)OCc1cccc(F)c1F. The molecule has 4 nitrogen and oxygen atoms in total. The lowest BCUT2D eigenvalue weighted by Gasteiger charge is -2.12. The molecule has 2 aromatic carbocycles. The molecule has 0 aliphatic rings. The van der Waals surface area contributed by atoms with E-state index in [1.807, 2.05) is 0 Å². The van der Waals surface area contributed by atoms with E-state index in [2.05, 4.69) is 5.32 Å². The molecule has 0 aliphatic heterocycles. The van der Waals surface area contributed by atoms with Gasteiger partial charge >= 0.3 is 5.97 Å². The first-order valence-corrected chi connectivity index (χ1v) is 8.68. The maximum Gasteiger partial charge on any atom is 0.319 e. The average Bonchev–Trinajstić information content (AvgIpc) is 2.62. The van der Waals surface area contributed by atoms with Gasteiger partial charge in [-0.15, -0.1) is 11.8 Å². The van der Waals surface area contributed by atoms with Crippen molar-refractivity contribution in [3.63, 3.8) is 0 Å². The minimum Gasteiger partial charge on any atom is -0.460 e. The summed E-state index contributed by atoms with van der Waals surface area (Å²) in [5.41, 5.74) is 0.374. The fourth-order valence-corrected chi connectivity index (χ4v) is 2.60. The molecule has 0 spiro atoms. The van der Waals surface area contributed by atoms with Crippen LogP contribution < -0.4 is 5.32 Å². The van der Waals surface area contributed by atoms with Gasteiger partial charge in [0.2, 0.25) is 5.91 Å². The predicted octanol–water partition coefficient (Wildman–Crippen LogP) is 3.91. The number of nitrogens with one attached hydrogen (secondary N) is 1. The number of anilines is 1. The Bertz CT molecular complexity index is 784. The molecule has 0 heterocycles. The Balaban J connectivity index is 1.76. The first kappa shape index (κ1) is 19.8. The number of carbonyl (C=O) groups excluding carboxylic acids is 2. The van der Waals surface area contributed by atoms with Crippen molar-refractivity contribution in [3.05, 3.63) is 65.5 Å². The van der Waals surface area contributed by atoms with E-state index in [1.165, 1.54) is 36.4 Å². The average molecular weight is 383 g/mol. The molecular formula is C18H16F3NO3S. The first-order valence-electron chi connectivity index (χ1n) is 7.63. The Hall–Kier alpha value is -2.48. The predicted molar refractivity (Wildman–Crippen MR) is 93.1 cm³/mol. The van der Waals surface area contributed by atoms with Gasteiger partial charge in [-0.05, 0) is 37.3 Å². The third-order valence-electron chi connectivity index (χ3n) is 3.33. The molecule has 2 rings (SSSR count). The van der Waals surface area contributed by atoms with Crippen LogP contribution in [0.25, 0.3) is 0 Å². The summed E-state index contributed by atoms with van der Waals surface area (Å²) in [6, 6.07) is 8.88. The van der Waals surface area contributed by atoms with Crippen molar-refractivity contribution in [2.45, 2.75) is 18.8 Å². The van der Waals surface area contributed by atoms with Gasteiger partial charge in [0, 0.05) is 11.3 Å². The Morgan fingerprint density at radius 3 is 2.50 bits per heavy atom. The monoisotopic (exact) mass is 383 g/mol. The maximum atomic E-state index is 13.5. The zero-order valence-corrected chi connectivity index (χ0v) is 14.6. The molecule has 26 heavy (non-hydrogen) atoms. The molecule has 1 unspecified atom stereocenters. The summed E-state index contributed by atoms with van der Waals surface area (Å²) in [6.45, 7) is 1.15. The normalized spacial score (nSPS) is 11.7. The topological polar surface area (TPSA) is 55.4 Å². The van der Waals surface area contributed by atoms with Crippen LogP contribution in [-0.4, -0.2) is 22.9 Å². The largest absolute Gasteiger partial charge is 0.460 e. The molecule has 0 aromatic heterocycles. The van der Waals surface area contributed by atoms with Crippen LogP contribution in [0.1, 0.15) is 12.5 Å². The van der Waals surface area contributed by atoms with E-state index in [0.29, 0.717) is 5.69 Å². The van der Waals surface area contributed by atoms with Crippen LogP contribution in [-0.2, 0) is 20.9 Å². The Labute approximate surface area is 152 Å². The van der Waals surface area contributed by atoms with Crippen molar-refractivity contribution in [2.75, 3.05) is 11.1 Å². The van der Waals surface area contributed by atoms with Gasteiger partial charge in [-0.3, -0.25) is 9.59 Å². The third-order valence-corrected chi connectivity index (χ3v) is 4.45. The Kier molecular flexibility index (Phi) is 7.08. The van der Waals surface area contributed by atoms with Gasteiger partial charge < -0.3 is 10.1 Å². The van der Waals surface area contributed by atoms with E-state index < -0.39 is 35.3 Å². The van der Waals surface area contributed by atoms with Gasteiger partial charge in [-0.25, -0.2) is 13.2 Å². The lowest BCUT2D eigenvalue weighted by molar-refractivity contribution is -0.144. The molecular weight excluding hydrogens is 367 g/mol. The maximum absolute atomic E-state index is 13.5. The number of hydrogen-bond donors (Lipinski definition) is 1. The van der Waals surface area contributed by atoms with Crippen LogP contribution in [0.15, 0.2) is 42.5 Å². The van der Waals surface area contributed by atoms with Crippen LogP contribution in [0.4, 0.5) is 18.9 Å². The minimum absolute atomic E-state index is 0.0258. The molecule has 0 aliphatic carbocycles. The summed E-state index contributed by atoms with van der Waals surface area (Å²) in [6.07, 6.45) is 0. The number of benzene rings is 2. The summed E-state index contributed by atoms with van der Waals surface area (Å²) in [5, 5.41) is 1.89. The van der Waals surface area contributed by atoms with E-state index in [1.54, 1.807) is 6.92 Å². The molecule has 0 radical (unpaired) electrons. The first-order chi connectivity index (χ1) is 12.4. The number of ether oxygens (including phenoxy) is 1. The molecule has 8 heteroatoms. The van der Waals surface area contributed by atoms with Gasteiger partial charge in [0.15, 0.2) is 11.6 Å². The van der Waals surface area contributed by atoms with Gasteiger partial charge in [0.1, 0.15) is 17.7 Å². The third kappa shape index (κ3) is 5.80. The van der Waals surface area contributed by atoms with E-state index in [9.17, 15) is 22.8 Å². The van der Waals surface area contributed by atoms with Crippen LogP contribution in [0.2, 0.25) is 0 Å². The van der Waals surface area contributed by atoms with E-state index >= 15 is 0 Å². The van der Waals surface area contributed by atoms with Crippen molar-refractivity contribution in [1.29, 1.82) is 0 Å². The number of halogens is 3. The van der Waals surface area contributed by atoms with Crippen molar-refractivity contribution in [2.24, 2.45) is 0 Å². The van der Waals surface area contributed by atoms with Gasteiger partial charge in [0.25, 0.3) is 0 Å². The second-order valence-corrected chi connectivity index (χ2v) is 6.66. The molecule has 2 aromatic rings. The summed E-state index contributed by atoms with van der Waals surface area (Å²) >= 11 is 1.03. The number of hydrogen-bond acceptors (Lipinski definition) is 4. The van der Waals surface area contributed by atoms with Crippen molar-refractivity contribution in [1.82, 2.24) is 0 Å². The second-order valence-electron chi connectivity index (χ2n) is 5.33. The fourth-order valence-electron chi connectivity index (χ4n) is 1.93. The highest BCUT2D eigenvalue weighted by Crippen LogP contribution is 2.16. The highest BCUT2D eigenvalue weighted by molar-refractivity contribution is 8.01. The molecule has 0 fully saturated rings. The number of amides is 1.